The molecule has 0 fully saturated rings. The summed E-state index contributed by atoms with van der Waals surface area (Å²) in [6.07, 6.45) is 1.84. The van der Waals surface area contributed by atoms with Crippen LogP contribution >= 0.6 is 28.1 Å². The molecule has 1 aromatic heterocycles. The van der Waals surface area contributed by atoms with Gasteiger partial charge >= 0.3 is 0 Å². The highest BCUT2D eigenvalue weighted by atomic mass is 79.9. The van der Waals surface area contributed by atoms with Gasteiger partial charge in [0.05, 0.1) is 18.1 Å². The Hall–Kier alpha value is -2.45. The zero-order chi connectivity index (χ0) is 18.5. The van der Waals surface area contributed by atoms with E-state index < -0.39 is 0 Å². The Morgan fingerprint density at radius 3 is 2.50 bits per heavy atom. The van der Waals surface area contributed by atoms with E-state index in [1.807, 2.05) is 30.5 Å². The molecule has 0 saturated carbocycles. The SMILES string of the molecule is COc1ccc(NC(=S)Nc2nn(Cc3ccc(F)cc3)cc2Br)cc1. The molecule has 0 amide bonds. The topological polar surface area (TPSA) is 51.1 Å². The standard InChI is InChI=1S/C18H16BrFN4OS/c1-25-15-8-6-14(7-9-15)21-18(26)22-17-16(19)11-24(23-17)10-12-2-4-13(20)5-3-12/h2-9,11H,10H2,1H3,(H2,21,22,23,26). The molecular formula is C18H16BrFN4OS. The van der Waals surface area contributed by atoms with Gasteiger partial charge in [0.25, 0.3) is 0 Å². The molecule has 0 spiro atoms. The molecule has 2 N–H and O–H groups in total. The average Bonchev–Trinajstić information content (AvgIpc) is 2.96. The third kappa shape index (κ3) is 4.80. The smallest absolute Gasteiger partial charge is 0.176 e. The van der Waals surface area contributed by atoms with Crippen LogP contribution < -0.4 is 15.4 Å². The van der Waals surface area contributed by atoms with Crippen molar-refractivity contribution in [3.63, 3.8) is 0 Å². The van der Waals surface area contributed by atoms with E-state index in [4.69, 9.17) is 17.0 Å². The van der Waals surface area contributed by atoms with E-state index in [1.54, 1.807) is 23.9 Å². The first-order chi connectivity index (χ1) is 12.5. The fourth-order valence-corrected chi connectivity index (χ4v) is 2.91. The Morgan fingerprint density at radius 1 is 1.15 bits per heavy atom. The molecule has 0 aliphatic carbocycles. The maximum atomic E-state index is 13.0. The Balaban J connectivity index is 1.62. The molecule has 8 heteroatoms. The molecule has 2 aromatic carbocycles. The molecular weight excluding hydrogens is 419 g/mol. The number of methoxy groups -OCH3 is 1. The number of anilines is 2. The third-order valence-electron chi connectivity index (χ3n) is 3.55. The van der Waals surface area contributed by atoms with Gasteiger partial charge in [0, 0.05) is 11.9 Å². The lowest BCUT2D eigenvalue weighted by Gasteiger charge is -2.09. The van der Waals surface area contributed by atoms with Gasteiger partial charge in [-0.25, -0.2) is 4.39 Å². The largest absolute Gasteiger partial charge is 0.497 e. The minimum Gasteiger partial charge on any atom is -0.497 e. The molecule has 0 saturated heterocycles. The molecule has 1 heterocycles. The summed E-state index contributed by atoms with van der Waals surface area (Å²) in [5.74, 6) is 1.11. The minimum atomic E-state index is -0.257. The first-order valence-electron chi connectivity index (χ1n) is 7.73. The number of nitrogens with one attached hydrogen (secondary N) is 2. The molecule has 3 rings (SSSR count). The van der Waals surface area contributed by atoms with Crippen LogP contribution in [-0.4, -0.2) is 22.0 Å². The highest BCUT2D eigenvalue weighted by Crippen LogP contribution is 2.21. The highest BCUT2D eigenvalue weighted by molar-refractivity contribution is 9.10. The van der Waals surface area contributed by atoms with E-state index in [0.29, 0.717) is 17.5 Å². The predicted octanol–water partition coefficient (Wildman–Crippen LogP) is 4.65. The van der Waals surface area contributed by atoms with Crippen molar-refractivity contribution < 1.29 is 9.13 Å². The second-order valence-electron chi connectivity index (χ2n) is 5.46. The van der Waals surface area contributed by atoms with Crippen LogP contribution in [0.2, 0.25) is 0 Å². The van der Waals surface area contributed by atoms with Crippen LogP contribution in [0, 0.1) is 5.82 Å². The number of thiocarbonyl (C=S) groups is 1. The molecule has 0 radical (unpaired) electrons. The van der Waals surface area contributed by atoms with Gasteiger partial charge in [0.1, 0.15) is 11.6 Å². The van der Waals surface area contributed by atoms with E-state index >= 15 is 0 Å². The van der Waals surface area contributed by atoms with Gasteiger partial charge in [0.2, 0.25) is 0 Å². The average molecular weight is 435 g/mol. The summed E-state index contributed by atoms with van der Waals surface area (Å²) in [4.78, 5) is 0. The zero-order valence-electron chi connectivity index (χ0n) is 13.9. The monoisotopic (exact) mass is 434 g/mol. The predicted molar refractivity (Wildman–Crippen MR) is 108 cm³/mol. The highest BCUT2D eigenvalue weighted by Gasteiger charge is 2.09. The molecule has 5 nitrogen and oxygen atoms in total. The lowest BCUT2D eigenvalue weighted by atomic mass is 10.2. The normalized spacial score (nSPS) is 10.4. The lowest BCUT2D eigenvalue weighted by Crippen LogP contribution is -2.19. The number of rotatable bonds is 5. The zero-order valence-corrected chi connectivity index (χ0v) is 16.3. The molecule has 134 valence electrons. The van der Waals surface area contributed by atoms with Crippen molar-refractivity contribution in [1.82, 2.24) is 9.78 Å². The maximum Gasteiger partial charge on any atom is 0.176 e. The summed E-state index contributed by atoms with van der Waals surface area (Å²) in [6, 6.07) is 13.8. The van der Waals surface area contributed by atoms with Gasteiger partial charge in [-0.3, -0.25) is 4.68 Å². The summed E-state index contributed by atoms with van der Waals surface area (Å²) >= 11 is 8.79. The number of halogens is 2. The van der Waals surface area contributed by atoms with Crippen molar-refractivity contribution >= 4 is 44.8 Å². The van der Waals surface area contributed by atoms with E-state index in [9.17, 15) is 4.39 Å². The van der Waals surface area contributed by atoms with Crippen LogP contribution in [0.5, 0.6) is 5.75 Å². The Bertz CT molecular complexity index is 897. The first-order valence-corrected chi connectivity index (χ1v) is 8.93. The van der Waals surface area contributed by atoms with Crippen molar-refractivity contribution in [1.29, 1.82) is 0 Å². The number of ether oxygens (including phenoxy) is 1. The van der Waals surface area contributed by atoms with Gasteiger partial charge in [-0.1, -0.05) is 12.1 Å². The number of aromatic nitrogens is 2. The second-order valence-corrected chi connectivity index (χ2v) is 6.72. The van der Waals surface area contributed by atoms with E-state index in [0.717, 1.165) is 21.5 Å². The Morgan fingerprint density at radius 2 is 1.85 bits per heavy atom. The summed E-state index contributed by atoms with van der Waals surface area (Å²) in [5, 5.41) is 11.0. The van der Waals surface area contributed by atoms with E-state index in [-0.39, 0.29) is 5.82 Å². The molecule has 3 aromatic rings. The van der Waals surface area contributed by atoms with Crippen molar-refractivity contribution in [2.75, 3.05) is 17.7 Å². The molecule has 0 atom stereocenters. The molecule has 0 aliphatic heterocycles. The number of nitrogens with zero attached hydrogens (tertiary/aromatic N) is 2. The summed E-state index contributed by atoms with van der Waals surface area (Å²) in [6.45, 7) is 0.527. The van der Waals surface area contributed by atoms with Crippen LogP contribution in [-0.2, 0) is 6.54 Å². The van der Waals surface area contributed by atoms with Gasteiger partial charge < -0.3 is 15.4 Å². The number of hydrogen-bond acceptors (Lipinski definition) is 3. The van der Waals surface area contributed by atoms with E-state index in [2.05, 4.69) is 31.7 Å². The fourth-order valence-electron chi connectivity index (χ4n) is 2.28. The van der Waals surface area contributed by atoms with Gasteiger partial charge in [0.15, 0.2) is 10.9 Å². The van der Waals surface area contributed by atoms with Gasteiger partial charge in [-0.15, -0.1) is 0 Å². The summed E-state index contributed by atoms with van der Waals surface area (Å²) in [7, 11) is 1.62. The van der Waals surface area contributed by atoms with E-state index in [1.165, 1.54) is 12.1 Å². The summed E-state index contributed by atoms with van der Waals surface area (Å²) < 4.78 is 20.6. The number of hydrogen-bond donors (Lipinski definition) is 2. The van der Waals surface area contributed by atoms with Crippen LogP contribution in [0.1, 0.15) is 5.56 Å². The van der Waals surface area contributed by atoms with Crippen LogP contribution in [0.3, 0.4) is 0 Å². The third-order valence-corrected chi connectivity index (χ3v) is 4.34. The van der Waals surface area contributed by atoms with Crippen molar-refractivity contribution in [3.8, 4) is 5.75 Å². The minimum absolute atomic E-state index is 0.257. The van der Waals surface area contributed by atoms with Crippen LogP contribution in [0.25, 0.3) is 0 Å². The first kappa shape index (κ1) is 18.3. The van der Waals surface area contributed by atoms with Crippen molar-refractivity contribution in [3.05, 3.63) is 70.6 Å². The lowest BCUT2D eigenvalue weighted by molar-refractivity contribution is 0.415. The molecule has 26 heavy (non-hydrogen) atoms. The Labute approximate surface area is 164 Å². The van der Waals surface area contributed by atoms with Crippen LogP contribution in [0.4, 0.5) is 15.9 Å². The number of benzene rings is 2. The second kappa shape index (κ2) is 8.29. The summed E-state index contributed by atoms with van der Waals surface area (Å²) in [5.41, 5.74) is 1.79. The van der Waals surface area contributed by atoms with Crippen LogP contribution in [0.15, 0.2) is 59.2 Å². The quantitative estimate of drug-likeness (QED) is 0.572. The van der Waals surface area contributed by atoms with Gasteiger partial charge in [-0.05, 0) is 70.1 Å². The molecule has 0 bridgehead atoms. The van der Waals surface area contributed by atoms with Crippen molar-refractivity contribution in [2.24, 2.45) is 0 Å². The molecule has 0 aliphatic rings. The molecule has 0 unspecified atom stereocenters. The van der Waals surface area contributed by atoms with Gasteiger partial charge in [-0.2, -0.15) is 5.10 Å². The Kier molecular flexibility index (Phi) is 5.85. The maximum absolute atomic E-state index is 13.0. The fraction of sp³-hybridized carbons (Fsp3) is 0.111. The van der Waals surface area contributed by atoms with Crippen molar-refractivity contribution in [2.45, 2.75) is 6.54 Å².